The number of ether oxygens (including phenoxy) is 1. The maximum atomic E-state index is 11.4. The Hall–Kier alpha value is -3.12. The summed E-state index contributed by atoms with van der Waals surface area (Å²) in [5.41, 5.74) is 3.00. The number of carbonyl (C=O) groups is 1. The molecule has 1 N–H and O–H groups in total. The predicted octanol–water partition coefficient (Wildman–Crippen LogP) is 4.56. The van der Waals surface area contributed by atoms with Crippen LogP contribution >= 0.6 is 0 Å². The molecule has 0 radical (unpaired) electrons. The number of carboxylic acid groups (broad SMARTS) is 1. The Kier molecular flexibility index (Phi) is 7.25. The van der Waals surface area contributed by atoms with Crippen LogP contribution in [-0.4, -0.2) is 34.1 Å². The van der Waals surface area contributed by atoms with Crippen molar-refractivity contribution >= 4 is 5.97 Å². The smallest absolute Gasteiger partial charge is 0.317 e. The van der Waals surface area contributed by atoms with Crippen molar-refractivity contribution in [3.63, 3.8) is 0 Å². The van der Waals surface area contributed by atoms with Gasteiger partial charge in [-0.1, -0.05) is 42.5 Å². The molecule has 0 amide bonds. The molecular weight excluding hydrogens is 380 g/mol. The summed E-state index contributed by atoms with van der Waals surface area (Å²) in [6, 6.07) is 17.7. The molecule has 1 heterocycles. The van der Waals surface area contributed by atoms with Crippen molar-refractivity contribution in [1.29, 1.82) is 0 Å². The molecule has 2 aromatic carbocycles. The Morgan fingerprint density at radius 2 is 1.93 bits per heavy atom. The molecule has 0 aliphatic carbocycles. The number of hydrogen-bond acceptors (Lipinski definition) is 5. The van der Waals surface area contributed by atoms with Gasteiger partial charge in [0.25, 0.3) is 0 Å². The largest absolute Gasteiger partial charge is 0.493 e. The quantitative estimate of drug-likeness (QED) is 0.530. The molecular formula is C24H28N2O4. The fourth-order valence-corrected chi connectivity index (χ4v) is 3.48. The van der Waals surface area contributed by atoms with Crippen LogP contribution in [0.25, 0.3) is 0 Å². The third-order valence-corrected chi connectivity index (χ3v) is 5.06. The summed E-state index contributed by atoms with van der Waals surface area (Å²) in [6.07, 6.45) is 0.670. The summed E-state index contributed by atoms with van der Waals surface area (Å²) in [5, 5.41) is 9.38. The summed E-state index contributed by atoms with van der Waals surface area (Å²) in [4.78, 5) is 17.7. The molecule has 0 saturated heterocycles. The van der Waals surface area contributed by atoms with Crippen molar-refractivity contribution in [3.05, 3.63) is 83.1 Å². The number of benzene rings is 2. The minimum atomic E-state index is -0.844. The summed E-state index contributed by atoms with van der Waals surface area (Å²) >= 11 is 0. The second-order valence-electron chi connectivity index (χ2n) is 7.37. The molecule has 3 rings (SSSR count). The highest BCUT2D eigenvalue weighted by Gasteiger charge is 2.19. The molecule has 0 spiro atoms. The van der Waals surface area contributed by atoms with Crippen molar-refractivity contribution in [2.75, 3.05) is 13.2 Å². The standard InChI is InChI=1S/C24H28N2O4/c1-17(21-9-5-4-6-10-21)26(16-24(27)28)15-20-8-7-11-22(14-20)29-13-12-23-18(2)30-19(3)25-23/h4-11,14,17H,12-13,15-16H2,1-3H3,(H,27,28). The van der Waals surface area contributed by atoms with Crippen LogP contribution in [0, 0.1) is 13.8 Å². The van der Waals surface area contributed by atoms with Crippen molar-refractivity contribution < 1.29 is 19.1 Å². The first kappa shape index (κ1) is 21.6. The molecule has 6 heteroatoms. The van der Waals surface area contributed by atoms with E-state index in [-0.39, 0.29) is 12.6 Å². The average Bonchev–Trinajstić information content (AvgIpc) is 3.04. The lowest BCUT2D eigenvalue weighted by Crippen LogP contribution is -2.32. The SMILES string of the molecule is Cc1nc(CCOc2cccc(CN(CC(=O)O)C(C)c3ccccc3)c2)c(C)o1. The van der Waals surface area contributed by atoms with Gasteiger partial charge >= 0.3 is 5.97 Å². The molecule has 1 unspecified atom stereocenters. The van der Waals surface area contributed by atoms with Crippen molar-refractivity contribution in [2.45, 2.75) is 39.8 Å². The molecule has 1 atom stereocenters. The van der Waals surface area contributed by atoms with Gasteiger partial charge in [-0.05, 0) is 37.1 Å². The zero-order valence-corrected chi connectivity index (χ0v) is 17.7. The van der Waals surface area contributed by atoms with E-state index in [1.54, 1.807) is 0 Å². The maximum Gasteiger partial charge on any atom is 0.317 e. The Morgan fingerprint density at radius 1 is 1.17 bits per heavy atom. The van der Waals surface area contributed by atoms with E-state index < -0.39 is 5.97 Å². The van der Waals surface area contributed by atoms with E-state index in [2.05, 4.69) is 4.98 Å². The molecule has 3 aromatic rings. The van der Waals surface area contributed by atoms with Crippen LogP contribution in [0.5, 0.6) is 5.75 Å². The van der Waals surface area contributed by atoms with E-state index in [0.29, 0.717) is 25.5 Å². The highest BCUT2D eigenvalue weighted by atomic mass is 16.5. The minimum absolute atomic E-state index is 0.0229. The lowest BCUT2D eigenvalue weighted by atomic mass is 10.1. The highest BCUT2D eigenvalue weighted by molar-refractivity contribution is 5.69. The van der Waals surface area contributed by atoms with Crippen LogP contribution in [0.15, 0.2) is 59.0 Å². The molecule has 0 bridgehead atoms. The van der Waals surface area contributed by atoms with Gasteiger partial charge in [0.1, 0.15) is 11.5 Å². The number of aliphatic carboxylic acids is 1. The number of carboxylic acids is 1. The van der Waals surface area contributed by atoms with E-state index >= 15 is 0 Å². The first-order valence-electron chi connectivity index (χ1n) is 10.1. The van der Waals surface area contributed by atoms with Gasteiger partial charge in [0.05, 0.1) is 18.8 Å². The van der Waals surface area contributed by atoms with Crippen LogP contribution in [0.2, 0.25) is 0 Å². The van der Waals surface area contributed by atoms with E-state index in [1.165, 1.54) is 0 Å². The molecule has 0 fully saturated rings. The van der Waals surface area contributed by atoms with Crippen molar-refractivity contribution in [2.24, 2.45) is 0 Å². The predicted molar refractivity (Wildman–Crippen MR) is 115 cm³/mol. The lowest BCUT2D eigenvalue weighted by Gasteiger charge is -2.28. The Labute approximate surface area is 177 Å². The lowest BCUT2D eigenvalue weighted by molar-refractivity contribution is -0.139. The zero-order valence-electron chi connectivity index (χ0n) is 17.7. The molecule has 30 heavy (non-hydrogen) atoms. The monoisotopic (exact) mass is 408 g/mol. The number of rotatable bonds is 10. The molecule has 158 valence electrons. The Bertz CT molecular complexity index is 968. The van der Waals surface area contributed by atoms with Crippen LogP contribution in [0.4, 0.5) is 0 Å². The van der Waals surface area contributed by atoms with Gasteiger partial charge in [0.15, 0.2) is 5.89 Å². The number of nitrogens with zero attached hydrogens (tertiary/aromatic N) is 2. The summed E-state index contributed by atoms with van der Waals surface area (Å²) in [7, 11) is 0. The molecule has 0 aliphatic rings. The van der Waals surface area contributed by atoms with Crippen LogP contribution in [0.1, 0.15) is 41.4 Å². The second-order valence-corrected chi connectivity index (χ2v) is 7.37. The first-order valence-corrected chi connectivity index (χ1v) is 10.1. The van der Waals surface area contributed by atoms with Crippen molar-refractivity contribution in [3.8, 4) is 5.75 Å². The summed E-state index contributed by atoms with van der Waals surface area (Å²) in [6.45, 7) is 6.74. The van der Waals surface area contributed by atoms with Gasteiger partial charge in [-0.3, -0.25) is 9.69 Å². The minimum Gasteiger partial charge on any atom is -0.493 e. The van der Waals surface area contributed by atoms with Crippen LogP contribution in [0.3, 0.4) is 0 Å². The number of aromatic nitrogens is 1. The third kappa shape index (κ3) is 5.94. The average molecular weight is 408 g/mol. The van der Waals surface area contributed by atoms with E-state index in [0.717, 1.165) is 28.3 Å². The molecule has 1 aromatic heterocycles. The van der Waals surface area contributed by atoms with Crippen LogP contribution < -0.4 is 4.74 Å². The van der Waals surface area contributed by atoms with Gasteiger partial charge in [0, 0.05) is 25.9 Å². The van der Waals surface area contributed by atoms with Crippen LogP contribution in [-0.2, 0) is 17.8 Å². The Balaban J connectivity index is 1.65. The molecule has 0 saturated carbocycles. The third-order valence-electron chi connectivity index (χ3n) is 5.06. The first-order chi connectivity index (χ1) is 14.4. The van der Waals surface area contributed by atoms with Gasteiger partial charge in [-0.2, -0.15) is 0 Å². The van der Waals surface area contributed by atoms with Gasteiger partial charge < -0.3 is 14.3 Å². The Morgan fingerprint density at radius 3 is 2.60 bits per heavy atom. The second kappa shape index (κ2) is 10.1. The van der Waals surface area contributed by atoms with E-state index in [1.807, 2.05) is 80.3 Å². The van der Waals surface area contributed by atoms with Crippen molar-refractivity contribution in [1.82, 2.24) is 9.88 Å². The zero-order chi connectivity index (χ0) is 21.5. The normalized spacial score (nSPS) is 12.1. The van der Waals surface area contributed by atoms with Gasteiger partial charge in [0.2, 0.25) is 0 Å². The topological polar surface area (TPSA) is 75.8 Å². The van der Waals surface area contributed by atoms with E-state index in [9.17, 15) is 9.90 Å². The summed E-state index contributed by atoms with van der Waals surface area (Å²) < 4.78 is 11.4. The van der Waals surface area contributed by atoms with Gasteiger partial charge in [-0.25, -0.2) is 4.98 Å². The summed E-state index contributed by atoms with van der Waals surface area (Å²) in [5.74, 6) is 1.40. The number of aryl methyl sites for hydroxylation is 2. The van der Waals surface area contributed by atoms with Gasteiger partial charge in [-0.15, -0.1) is 0 Å². The molecule has 0 aliphatic heterocycles. The number of oxazole rings is 1. The maximum absolute atomic E-state index is 11.4. The van der Waals surface area contributed by atoms with E-state index in [4.69, 9.17) is 9.15 Å². The highest BCUT2D eigenvalue weighted by Crippen LogP contribution is 2.23. The fourth-order valence-electron chi connectivity index (χ4n) is 3.48. The molecule has 6 nitrogen and oxygen atoms in total. The number of hydrogen-bond donors (Lipinski definition) is 1. The fraction of sp³-hybridized carbons (Fsp3) is 0.333.